The first-order valence-corrected chi connectivity index (χ1v) is 12.8. The molecule has 2 N–H and O–H groups in total. The van der Waals surface area contributed by atoms with E-state index < -0.39 is 0 Å². The van der Waals surface area contributed by atoms with Crippen molar-refractivity contribution in [3.63, 3.8) is 0 Å². The number of benzene rings is 3. The van der Waals surface area contributed by atoms with Gasteiger partial charge in [0.2, 0.25) is 17.5 Å². The van der Waals surface area contributed by atoms with E-state index in [2.05, 4.69) is 64.2 Å². The lowest BCUT2D eigenvalue weighted by Gasteiger charge is -2.24. The minimum atomic E-state index is -0.389. The normalized spacial score (nSPS) is 16.4. The summed E-state index contributed by atoms with van der Waals surface area (Å²) in [7, 11) is 0. The van der Waals surface area contributed by atoms with Crippen LogP contribution < -0.4 is 15.6 Å². The van der Waals surface area contributed by atoms with Gasteiger partial charge in [0.05, 0.1) is 6.42 Å². The third kappa shape index (κ3) is 5.48. The minimum absolute atomic E-state index is 0.0135. The molecule has 1 fully saturated rings. The Balaban J connectivity index is 1.14. The molecule has 0 saturated carbocycles. The predicted molar refractivity (Wildman–Crippen MR) is 143 cm³/mol. The average Bonchev–Trinajstić information content (AvgIpc) is 3.58. The summed E-state index contributed by atoms with van der Waals surface area (Å²) in [5, 5.41) is 6.40. The van der Waals surface area contributed by atoms with Crippen molar-refractivity contribution in [3.05, 3.63) is 96.1 Å². The highest BCUT2D eigenvalue weighted by atomic mass is 16.2. The van der Waals surface area contributed by atoms with E-state index in [4.69, 9.17) is 0 Å². The van der Waals surface area contributed by atoms with E-state index in [9.17, 15) is 9.59 Å². The number of nitrogens with one attached hydrogen (secondary N) is 2. The molecule has 0 spiro atoms. The summed E-state index contributed by atoms with van der Waals surface area (Å²) >= 11 is 0. The molecule has 183 valence electrons. The second-order valence-corrected chi connectivity index (χ2v) is 9.40. The van der Waals surface area contributed by atoms with Crippen LogP contribution in [0.15, 0.2) is 84.9 Å². The van der Waals surface area contributed by atoms with E-state index in [1.54, 1.807) is 4.90 Å². The van der Waals surface area contributed by atoms with Gasteiger partial charge in [-0.25, -0.2) is 5.32 Å². The van der Waals surface area contributed by atoms with Gasteiger partial charge < -0.3 is 10.2 Å². The topological polar surface area (TPSA) is 75.5 Å². The van der Waals surface area contributed by atoms with Gasteiger partial charge in [-0.15, -0.1) is 0 Å². The number of nitrogens with zero attached hydrogens (tertiary/aromatic N) is 2. The largest absolute Gasteiger partial charge is 0.354 e. The van der Waals surface area contributed by atoms with Crippen molar-refractivity contribution >= 4 is 29.0 Å². The molecule has 0 aromatic heterocycles. The van der Waals surface area contributed by atoms with Crippen molar-refractivity contribution in [2.24, 2.45) is 0 Å². The predicted octanol–water partition coefficient (Wildman–Crippen LogP) is 4.59. The number of carbonyl (C=O) groups excluding carboxylic acids is 2. The molecular weight excluding hydrogens is 448 g/mol. The highest BCUT2D eigenvalue weighted by Gasteiger charge is 2.34. The number of hydrogen-bond acceptors (Lipinski definition) is 4. The maximum Gasteiger partial charge on any atom is 0.298 e. The van der Waals surface area contributed by atoms with Gasteiger partial charge in [0.25, 0.3) is 5.84 Å². The molecule has 2 heterocycles. The van der Waals surface area contributed by atoms with Gasteiger partial charge in [0.1, 0.15) is 6.04 Å². The number of likely N-dealkylation sites (tertiary alicyclic amines) is 1. The Morgan fingerprint density at radius 1 is 0.944 bits per heavy atom. The molecule has 0 bridgehead atoms. The fourth-order valence-corrected chi connectivity index (χ4v) is 5.18. The number of carbonyl (C=O) groups is 2. The number of fused-ring (bicyclic) bond motifs is 1. The van der Waals surface area contributed by atoms with E-state index in [-0.39, 0.29) is 23.8 Å². The molecule has 6 nitrogen and oxygen atoms in total. The zero-order valence-electron chi connectivity index (χ0n) is 20.4. The van der Waals surface area contributed by atoms with Crippen LogP contribution in [0.1, 0.15) is 49.1 Å². The molecule has 2 aliphatic heterocycles. The molecule has 5 rings (SSSR count). The smallest absolute Gasteiger partial charge is 0.298 e. The summed E-state index contributed by atoms with van der Waals surface area (Å²) in [4.78, 5) is 32.4. The van der Waals surface area contributed by atoms with Gasteiger partial charge in [-0.1, -0.05) is 72.8 Å². The minimum Gasteiger partial charge on any atom is -0.354 e. The van der Waals surface area contributed by atoms with E-state index in [0.29, 0.717) is 32.4 Å². The highest BCUT2D eigenvalue weighted by molar-refractivity contribution is 6.04. The monoisotopic (exact) mass is 480 g/mol. The number of amidine groups is 1. The molecule has 0 unspecified atom stereocenters. The Hall–Kier alpha value is -3.93. The molecule has 1 radical (unpaired) electrons. The third-order valence-corrected chi connectivity index (χ3v) is 7.03. The van der Waals surface area contributed by atoms with Crippen molar-refractivity contribution in [1.29, 1.82) is 0 Å². The maximum absolute atomic E-state index is 13.1. The van der Waals surface area contributed by atoms with Crippen molar-refractivity contribution < 1.29 is 9.59 Å². The summed E-state index contributed by atoms with van der Waals surface area (Å²) in [6.07, 6.45) is 3.24. The number of rotatable bonds is 9. The average molecular weight is 481 g/mol. The Kier molecular flexibility index (Phi) is 7.41. The van der Waals surface area contributed by atoms with Crippen molar-refractivity contribution in [1.82, 2.24) is 15.2 Å². The molecule has 6 heteroatoms. The summed E-state index contributed by atoms with van der Waals surface area (Å²) in [5.41, 5.74) is 4.35. The standard InChI is InChI=1S/C30H32N4O2/c35-29(18-17-28-32-25-14-7-8-15-26(25)33-28)34-21-9-16-27(34)30(36)31-20-19-24(22-10-3-1-4-11-22)23-12-5-2-6-13-23/h1-8,10-15,24,27,32H,9,16-21H2,(H,31,36)/q+1/t27-/m0/s1. The van der Waals surface area contributed by atoms with Crippen LogP contribution in [0, 0.1) is 0 Å². The molecular formula is C30H32N4O2+. The van der Waals surface area contributed by atoms with E-state index in [1.165, 1.54) is 11.1 Å². The van der Waals surface area contributed by atoms with Crippen LogP contribution in [0.5, 0.6) is 0 Å². The van der Waals surface area contributed by atoms with Gasteiger partial charge in [-0.2, -0.15) is 0 Å². The number of aliphatic imine (C=N–C) groups is 1. The zero-order valence-corrected chi connectivity index (χ0v) is 20.4. The maximum atomic E-state index is 13.1. The first-order valence-electron chi connectivity index (χ1n) is 12.8. The molecule has 2 amide bonds. The van der Waals surface area contributed by atoms with Crippen molar-refractivity contribution in [3.8, 4) is 0 Å². The second kappa shape index (κ2) is 11.2. The molecule has 3 aromatic rings. The lowest BCUT2D eigenvalue weighted by molar-refractivity contribution is -0.138. The number of amides is 2. The Bertz CT molecular complexity index is 1190. The van der Waals surface area contributed by atoms with Gasteiger partial charge in [0.15, 0.2) is 5.69 Å². The third-order valence-electron chi connectivity index (χ3n) is 7.03. The van der Waals surface area contributed by atoms with Gasteiger partial charge >= 0.3 is 0 Å². The zero-order chi connectivity index (χ0) is 24.7. The molecule has 1 atom stereocenters. The SMILES string of the molecule is O=C(NCCC(c1ccccc1)c1ccccc1)[C@@H]1CCCN1C(=O)CCC1=[N+]c2ccccc2N1. The summed E-state index contributed by atoms with van der Waals surface area (Å²) in [5.74, 6) is 0.972. The van der Waals surface area contributed by atoms with Gasteiger partial charge in [0, 0.05) is 25.4 Å². The fourth-order valence-electron chi connectivity index (χ4n) is 5.18. The Labute approximate surface area is 212 Å². The fraction of sp³-hybridized carbons (Fsp3) is 0.300. The first-order chi connectivity index (χ1) is 17.7. The summed E-state index contributed by atoms with van der Waals surface area (Å²) in [6.45, 7) is 1.19. The summed E-state index contributed by atoms with van der Waals surface area (Å²) < 4.78 is 0. The summed E-state index contributed by atoms with van der Waals surface area (Å²) in [6, 6.07) is 28.3. The Morgan fingerprint density at radius 3 is 2.31 bits per heavy atom. The number of anilines is 1. The van der Waals surface area contributed by atoms with Crippen LogP contribution in [0.25, 0.3) is 0 Å². The molecule has 0 aliphatic carbocycles. The Morgan fingerprint density at radius 2 is 1.61 bits per heavy atom. The lowest BCUT2D eigenvalue weighted by atomic mass is 9.88. The van der Waals surface area contributed by atoms with Gasteiger partial charge in [-0.3, -0.25) is 9.59 Å². The number of hydrogen-bond donors (Lipinski definition) is 2. The van der Waals surface area contributed by atoms with E-state index in [1.807, 2.05) is 36.4 Å². The van der Waals surface area contributed by atoms with E-state index in [0.717, 1.165) is 30.1 Å². The van der Waals surface area contributed by atoms with Crippen LogP contribution >= 0.6 is 0 Å². The molecule has 3 aromatic carbocycles. The quantitative estimate of drug-likeness (QED) is 0.471. The van der Waals surface area contributed by atoms with Gasteiger partial charge in [-0.05, 0) is 47.5 Å². The molecule has 1 saturated heterocycles. The first kappa shape index (κ1) is 23.8. The molecule has 2 aliphatic rings. The van der Waals surface area contributed by atoms with Crippen LogP contribution in [0.2, 0.25) is 0 Å². The second-order valence-electron chi connectivity index (χ2n) is 9.40. The van der Waals surface area contributed by atoms with E-state index >= 15 is 0 Å². The van der Waals surface area contributed by atoms with Crippen molar-refractivity contribution in [2.75, 3.05) is 18.4 Å². The van der Waals surface area contributed by atoms with Crippen LogP contribution in [0.4, 0.5) is 11.4 Å². The van der Waals surface area contributed by atoms with Crippen LogP contribution in [0.3, 0.4) is 0 Å². The highest BCUT2D eigenvalue weighted by Crippen LogP contribution is 2.28. The molecule has 36 heavy (non-hydrogen) atoms. The number of para-hydroxylation sites is 2. The van der Waals surface area contributed by atoms with Crippen molar-refractivity contribution in [2.45, 2.75) is 44.1 Å². The van der Waals surface area contributed by atoms with Crippen LogP contribution in [-0.2, 0) is 9.59 Å². The van der Waals surface area contributed by atoms with Crippen LogP contribution in [-0.4, -0.2) is 41.7 Å². The lowest BCUT2D eigenvalue weighted by Crippen LogP contribution is -2.46.